The molecule has 1 aliphatic rings. The van der Waals surface area contributed by atoms with Gasteiger partial charge in [0.05, 0.1) is 0 Å². The van der Waals surface area contributed by atoms with E-state index >= 15 is 0 Å². The first kappa shape index (κ1) is 16.2. The first-order valence-corrected chi connectivity index (χ1v) is 9.46. The molecule has 0 saturated carbocycles. The lowest BCUT2D eigenvalue weighted by atomic mass is 9.87. The topological polar surface area (TPSA) is 53.8 Å². The van der Waals surface area contributed by atoms with Crippen LogP contribution in [0, 0.1) is 0 Å². The zero-order valence-corrected chi connectivity index (χ0v) is 14.7. The number of aromatic amines is 1. The number of aromatic nitrogens is 1. The second-order valence-corrected chi connectivity index (χ2v) is 7.22. The smallest absolute Gasteiger partial charge is 0.0456 e. The van der Waals surface area contributed by atoms with Gasteiger partial charge in [0.15, 0.2) is 0 Å². The van der Waals surface area contributed by atoms with Crippen molar-refractivity contribution >= 4 is 16.6 Å². The molecule has 1 aromatic heterocycles. The van der Waals surface area contributed by atoms with Crippen LogP contribution in [0.3, 0.4) is 0 Å². The van der Waals surface area contributed by atoms with Crippen molar-refractivity contribution in [2.24, 2.45) is 0 Å². The van der Waals surface area contributed by atoms with E-state index in [0.29, 0.717) is 6.04 Å². The predicted octanol–water partition coefficient (Wildman–Crippen LogP) is 4.22. The number of benzene rings is 2. The summed E-state index contributed by atoms with van der Waals surface area (Å²) in [5, 5.41) is 5.06. The van der Waals surface area contributed by atoms with Gasteiger partial charge < -0.3 is 16.0 Å². The van der Waals surface area contributed by atoms with E-state index in [1.807, 2.05) is 6.07 Å². The Labute approximate surface area is 149 Å². The van der Waals surface area contributed by atoms with Gasteiger partial charge >= 0.3 is 0 Å². The average molecular weight is 333 g/mol. The van der Waals surface area contributed by atoms with Crippen LogP contribution in [0.5, 0.6) is 0 Å². The minimum atomic E-state index is 0.599. The first-order chi connectivity index (χ1) is 12.3. The maximum absolute atomic E-state index is 6.09. The van der Waals surface area contributed by atoms with E-state index in [-0.39, 0.29) is 0 Å². The number of rotatable bonds is 6. The van der Waals surface area contributed by atoms with E-state index in [1.165, 1.54) is 47.0 Å². The van der Waals surface area contributed by atoms with Gasteiger partial charge in [0.2, 0.25) is 0 Å². The number of unbranched alkanes of at least 4 members (excludes halogenated alkanes) is 1. The second-order valence-electron chi connectivity index (χ2n) is 7.22. The average Bonchev–Trinajstić information content (AvgIpc) is 3.04. The highest BCUT2D eigenvalue weighted by Gasteiger charge is 2.19. The van der Waals surface area contributed by atoms with Gasteiger partial charge in [-0.3, -0.25) is 0 Å². The summed E-state index contributed by atoms with van der Waals surface area (Å²) in [6.45, 7) is 1.10. The molecule has 0 fully saturated rings. The van der Waals surface area contributed by atoms with Gasteiger partial charge in [-0.1, -0.05) is 30.3 Å². The molecule has 25 heavy (non-hydrogen) atoms. The third-order valence-electron chi connectivity index (χ3n) is 5.41. The fourth-order valence-corrected chi connectivity index (χ4v) is 4.03. The highest BCUT2D eigenvalue weighted by atomic mass is 14.9. The Kier molecular flexibility index (Phi) is 4.75. The molecule has 0 saturated heterocycles. The number of nitrogens with two attached hydrogens (primary N) is 1. The predicted molar refractivity (Wildman–Crippen MR) is 106 cm³/mol. The van der Waals surface area contributed by atoms with Gasteiger partial charge in [-0.05, 0) is 79.8 Å². The SMILES string of the molecule is Nc1cccc2c1CCC(NCCCCc1cc3ccccc3[nH]1)C2. The van der Waals surface area contributed by atoms with E-state index in [9.17, 15) is 0 Å². The van der Waals surface area contributed by atoms with Crippen LogP contribution in [0.25, 0.3) is 10.9 Å². The molecule has 130 valence electrons. The summed E-state index contributed by atoms with van der Waals surface area (Å²) in [4.78, 5) is 3.52. The highest BCUT2D eigenvalue weighted by Crippen LogP contribution is 2.26. The normalized spacial score (nSPS) is 16.9. The Morgan fingerprint density at radius 2 is 2.00 bits per heavy atom. The van der Waals surface area contributed by atoms with Gasteiger partial charge in [-0.15, -0.1) is 0 Å². The van der Waals surface area contributed by atoms with Crippen LogP contribution in [0.1, 0.15) is 36.1 Å². The molecule has 4 N–H and O–H groups in total. The van der Waals surface area contributed by atoms with Gasteiger partial charge in [0.25, 0.3) is 0 Å². The fraction of sp³-hybridized carbons (Fsp3) is 0.364. The summed E-state index contributed by atoms with van der Waals surface area (Å²) < 4.78 is 0. The van der Waals surface area contributed by atoms with Crippen molar-refractivity contribution in [1.82, 2.24) is 10.3 Å². The molecule has 1 atom stereocenters. The molecule has 0 aliphatic heterocycles. The molecular weight excluding hydrogens is 306 g/mol. The molecule has 1 unspecified atom stereocenters. The molecule has 3 aromatic rings. The number of anilines is 1. The molecule has 1 aliphatic carbocycles. The molecule has 0 bridgehead atoms. The Hall–Kier alpha value is -2.26. The van der Waals surface area contributed by atoms with Gasteiger partial charge in [-0.2, -0.15) is 0 Å². The molecule has 0 amide bonds. The monoisotopic (exact) mass is 333 g/mol. The molecule has 1 heterocycles. The standard InChI is InChI=1S/C22H27N3/c23-21-9-5-7-16-14-18(11-12-20(16)21)24-13-4-3-8-19-15-17-6-1-2-10-22(17)25-19/h1-2,5-7,9-10,15,18,24-25H,3-4,8,11-14,23H2. The summed E-state index contributed by atoms with van der Waals surface area (Å²) in [5.74, 6) is 0. The number of fused-ring (bicyclic) bond motifs is 2. The van der Waals surface area contributed by atoms with Crippen LogP contribution in [-0.2, 0) is 19.3 Å². The number of nitrogens with one attached hydrogen (secondary N) is 2. The van der Waals surface area contributed by atoms with Crippen molar-refractivity contribution in [3.8, 4) is 0 Å². The Bertz CT molecular complexity index is 816. The summed E-state index contributed by atoms with van der Waals surface area (Å²) in [6.07, 6.45) is 6.98. The summed E-state index contributed by atoms with van der Waals surface area (Å²) >= 11 is 0. The highest BCUT2D eigenvalue weighted by molar-refractivity contribution is 5.80. The fourth-order valence-electron chi connectivity index (χ4n) is 4.03. The first-order valence-electron chi connectivity index (χ1n) is 9.46. The summed E-state index contributed by atoms with van der Waals surface area (Å²) in [5.41, 5.74) is 12.5. The van der Waals surface area contributed by atoms with Crippen molar-refractivity contribution in [1.29, 1.82) is 0 Å². The number of H-pyrrole nitrogens is 1. The number of hydrogen-bond donors (Lipinski definition) is 3. The van der Waals surface area contributed by atoms with Crippen molar-refractivity contribution in [3.63, 3.8) is 0 Å². The van der Waals surface area contributed by atoms with Gasteiger partial charge in [-0.25, -0.2) is 0 Å². The zero-order chi connectivity index (χ0) is 17.1. The second kappa shape index (κ2) is 7.32. The molecule has 0 radical (unpaired) electrons. The minimum absolute atomic E-state index is 0.599. The van der Waals surface area contributed by atoms with Crippen LogP contribution >= 0.6 is 0 Å². The van der Waals surface area contributed by atoms with E-state index in [1.54, 1.807) is 0 Å². The number of hydrogen-bond acceptors (Lipinski definition) is 2. The summed E-state index contributed by atoms with van der Waals surface area (Å²) in [7, 11) is 0. The summed E-state index contributed by atoms with van der Waals surface area (Å²) in [6, 6.07) is 17.7. The minimum Gasteiger partial charge on any atom is -0.398 e. The van der Waals surface area contributed by atoms with E-state index in [0.717, 1.165) is 31.5 Å². The Morgan fingerprint density at radius 1 is 1.08 bits per heavy atom. The van der Waals surface area contributed by atoms with Gasteiger partial charge in [0.1, 0.15) is 0 Å². The molecule has 3 heteroatoms. The van der Waals surface area contributed by atoms with Crippen LogP contribution in [-0.4, -0.2) is 17.6 Å². The van der Waals surface area contributed by atoms with Crippen LogP contribution in [0.15, 0.2) is 48.5 Å². The van der Waals surface area contributed by atoms with Crippen molar-refractivity contribution in [2.45, 2.75) is 44.6 Å². The number of para-hydroxylation sites is 1. The van der Waals surface area contributed by atoms with Crippen LogP contribution < -0.4 is 11.1 Å². The number of nitrogen functional groups attached to an aromatic ring is 1. The Morgan fingerprint density at radius 3 is 2.92 bits per heavy atom. The molecule has 2 aromatic carbocycles. The third-order valence-corrected chi connectivity index (χ3v) is 5.41. The maximum Gasteiger partial charge on any atom is 0.0456 e. The van der Waals surface area contributed by atoms with E-state index in [2.05, 4.69) is 52.8 Å². The third kappa shape index (κ3) is 3.72. The van der Waals surface area contributed by atoms with Crippen LogP contribution in [0.4, 0.5) is 5.69 Å². The van der Waals surface area contributed by atoms with Crippen molar-refractivity contribution < 1.29 is 0 Å². The van der Waals surface area contributed by atoms with E-state index in [4.69, 9.17) is 5.73 Å². The lowest BCUT2D eigenvalue weighted by molar-refractivity contribution is 0.451. The molecular formula is C22H27N3. The zero-order valence-electron chi connectivity index (χ0n) is 14.7. The van der Waals surface area contributed by atoms with Crippen molar-refractivity contribution in [3.05, 3.63) is 65.4 Å². The van der Waals surface area contributed by atoms with Gasteiger partial charge in [0, 0.05) is 22.9 Å². The lowest BCUT2D eigenvalue weighted by Gasteiger charge is -2.26. The molecule has 4 rings (SSSR count). The quantitative estimate of drug-likeness (QED) is 0.467. The van der Waals surface area contributed by atoms with Crippen LogP contribution in [0.2, 0.25) is 0 Å². The van der Waals surface area contributed by atoms with E-state index < -0.39 is 0 Å². The lowest BCUT2D eigenvalue weighted by Crippen LogP contribution is -2.35. The number of aryl methyl sites for hydroxylation is 1. The van der Waals surface area contributed by atoms with Crippen molar-refractivity contribution in [2.75, 3.05) is 12.3 Å². The maximum atomic E-state index is 6.09. The largest absolute Gasteiger partial charge is 0.398 e. The molecule has 0 spiro atoms. The Balaban J connectivity index is 1.21. The molecule has 3 nitrogen and oxygen atoms in total.